The molecule has 6 nitrogen and oxygen atoms in total. The highest BCUT2D eigenvalue weighted by Crippen LogP contribution is 2.04. The number of nitrogens with one attached hydrogen (secondary N) is 2. The summed E-state index contributed by atoms with van der Waals surface area (Å²) in [6.45, 7) is 7.71. The van der Waals surface area contributed by atoms with Gasteiger partial charge in [0.1, 0.15) is 0 Å². The van der Waals surface area contributed by atoms with Crippen LogP contribution in [0.15, 0.2) is 35.3 Å². The van der Waals surface area contributed by atoms with Crippen LogP contribution in [0.25, 0.3) is 0 Å². The van der Waals surface area contributed by atoms with E-state index in [2.05, 4.69) is 15.6 Å². The number of hydrogen-bond donors (Lipinski definition) is 2. The minimum atomic E-state index is 0. The average Bonchev–Trinajstić information content (AvgIpc) is 2.62. The second-order valence-corrected chi connectivity index (χ2v) is 5.30. The van der Waals surface area contributed by atoms with Crippen LogP contribution in [0.5, 0.6) is 0 Å². The molecule has 2 N–H and O–H groups in total. The SMILES string of the molecule is CCOCCCNC(=NC)NCC(=O)N(CC)Cc1ccccc1.I. The number of ether oxygens (including phenoxy) is 1. The van der Waals surface area contributed by atoms with Gasteiger partial charge in [0.15, 0.2) is 5.96 Å². The van der Waals surface area contributed by atoms with Crippen LogP contribution in [-0.2, 0) is 16.1 Å². The molecule has 0 spiro atoms. The molecule has 142 valence electrons. The third kappa shape index (κ3) is 10.3. The molecule has 0 fully saturated rings. The van der Waals surface area contributed by atoms with E-state index in [9.17, 15) is 4.79 Å². The minimum absolute atomic E-state index is 0. The van der Waals surface area contributed by atoms with Gasteiger partial charge in [0, 0.05) is 39.9 Å². The molecule has 0 atom stereocenters. The predicted molar refractivity (Wildman–Crippen MR) is 113 cm³/mol. The fraction of sp³-hybridized carbons (Fsp3) is 0.556. The summed E-state index contributed by atoms with van der Waals surface area (Å²) in [5, 5.41) is 6.25. The number of rotatable bonds is 10. The number of halogens is 1. The summed E-state index contributed by atoms with van der Waals surface area (Å²) >= 11 is 0. The number of carbonyl (C=O) groups is 1. The minimum Gasteiger partial charge on any atom is -0.382 e. The normalized spacial score (nSPS) is 10.8. The molecule has 0 saturated carbocycles. The van der Waals surface area contributed by atoms with Gasteiger partial charge in [0.05, 0.1) is 6.54 Å². The summed E-state index contributed by atoms with van der Waals surface area (Å²) in [4.78, 5) is 18.3. The summed E-state index contributed by atoms with van der Waals surface area (Å²) in [7, 11) is 1.70. The molecule has 0 unspecified atom stereocenters. The van der Waals surface area contributed by atoms with Crippen LogP contribution >= 0.6 is 24.0 Å². The van der Waals surface area contributed by atoms with Gasteiger partial charge in [-0.15, -0.1) is 24.0 Å². The Balaban J connectivity index is 0.00000576. The molecular weight excluding hydrogens is 431 g/mol. The molecular formula is C18H31IN4O2. The highest BCUT2D eigenvalue weighted by atomic mass is 127. The van der Waals surface area contributed by atoms with E-state index >= 15 is 0 Å². The summed E-state index contributed by atoms with van der Waals surface area (Å²) in [6.07, 6.45) is 0.900. The maximum absolute atomic E-state index is 12.4. The van der Waals surface area contributed by atoms with Crippen molar-refractivity contribution in [3.8, 4) is 0 Å². The Bertz CT molecular complexity index is 497. The van der Waals surface area contributed by atoms with Crippen LogP contribution in [0.4, 0.5) is 0 Å². The lowest BCUT2D eigenvalue weighted by molar-refractivity contribution is -0.130. The van der Waals surface area contributed by atoms with Gasteiger partial charge in [0.2, 0.25) is 5.91 Å². The van der Waals surface area contributed by atoms with Crippen LogP contribution in [0, 0.1) is 0 Å². The van der Waals surface area contributed by atoms with Crippen molar-refractivity contribution in [2.45, 2.75) is 26.8 Å². The lowest BCUT2D eigenvalue weighted by Gasteiger charge is -2.22. The molecule has 1 amide bonds. The van der Waals surface area contributed by atoms with Crippen molar-refractivity contribution in [1.29, 1.82) is 0 Å². The van der Waals surface area contributed by atoms with E-state index in [4.69, 9.17) is 4.74 Å². The van der Waals surface area contributed by atoms with Crippen LogP contribution in [0.3, 0.4) is 0 Å². The average molecular weight is 462 g/mol. The molecule has 25 heavy (non-hydrogen) atoms. The van der Waals surface area contributed by atoms with Gasteiger partial charge in [0.25, 0.3) is 0 Å². The Labute approximate surface area is 168 Å². The highest BCUT2D eigenvalue weighted by Gasteiger charge is 2.12. The van der Waals surface area contributed by atoms with Gasteiger partial charge in [-0.2, -0.15) is 0 Å². The van der Waals surface area contributed by atoms with Crippen molar-refractivity contribution in [3.63, 3.8) is 0 Å². The number of benzene rings is 1. The van der Waals surface area contributed by atoms with Gasteiger partial charge >= 0.3 is 0 Å². The summed E-state index contributed by atoms with van der Waals surface area (Å²) in [6, 6.07) is 10.0. The van der Waals surface area contributed by atoms with E-state index < -0.39 is 0 Å². The van der Waals surface area contributed by atoms with Gasteiger partial charge in [-0.1, -0.05) is 30.3 Å². The van der Waals surface area contributed by atoms with Gasteiger partial charge in [-0.25, -0.2) is 0 Å². The fourth-order valence-electron chi connectivity index (χ4n) is 2.20. The third-order valence-corrected chi connectivity index (χ3v) is 3.54. The van der Waals surface area contributed by atoms with Crippen molar-refractivity contribution >= 4 is 35.8 Å². The van der Waals surface area contributed by atoms with E-state index in [0.717, 1.165) is 31.7 Å². The Morgan fingerprint density at radius 3 is 2.52 bits per heavy atom. The van der Waals surface area contributed by atoms with E-state index in [-0.39, 0.29) is 36.4 Å². The molecule has 0 bridgehead atoms. The quantitative estimate of drug-likeness (QED) is 0.242. The van der Waals surface area contributed by atoms with E-state index in [0.29, 0.717) is 19.0 Å². The van der Waals surface area contributed by atoms with E-state index in [1.165, 1.54) is 0 Å². The number of aliphatic imine (C=N–C) groups is 1. The molecule has 0 radical (unpaired) electrons. The third-order valence-electron chi connectivity index (χ3n) is 3.54. The molecule has 7 heteroatoms. The van der Waals surface area contributed by atoms with Crippen LogP contribution in [0.1, 0.15) is 25.8 Å². The van der Waals surface area contributed by atoms with Gasteiger partial charge in [-0.05, 0) is 25.8 Å². The van der Waals surface area contributed by atoms with Crippen LogP contribution in [0.2, 0.25) is 0 Å². The fourth-order valence-corrected chi connectivity index (χ4v) is 2.20. The Kier molecular flexibility index (Phi) is 14.1. The smallest absolute Gasteiger partial charge is 0.242 e. The van der Waals surface area contributed by atoms with Crippen molar-refractivity contribution in [2.75, 3.05) is 39.9 Å². The number of carbonyl (C=O) groups excluding carboxylic acids is 1. The van der Waals surface area contributed by atoms with E-state index in [1.807, 2.05) is 49.1 Å². The van der Waals surface area contributed by atoms with Crippen LogP contribution < -0.4 is 10.6 Å². The second-order valence-electron chi connectivity index (χ2n) is 5.30. The first-order chi connectivity index (χ1) is 11.7. The summed E-state index contributed by atoms with van der Waals surface area (Å²) in [5.74, 6) is 0.689. The largest absolute Gasteiger partial charge is 0.382 e. The molecule has 0 aliphatic heterocycles. The predicted octanol–water partition coefficient (Wildman–Crippen LogP) is 2.24. The molecule has 0 saturated heterocycles. The lowest BCUT2D eigenvalue weighted by Crippen LogP contribution is -2.44. The van der Waals surface area contributed by atoms with Crippen molar-refractivity contribution in [3.05, 3.63) is 35.9 Å². The van der Waals surface area contributed by atoms with Gasteiger partial charge < -0.3 is 20.3 Å². The van der Waals surface area contributed by atoms with Crippen LogP contribution in [-0.4, -0.2) is 56.7 Å². The topological polar surface area (TPSA) is 66.0 Å². The Morgan fingerprint density at radius 1 is 1.20 bits per heavy atom. The Morgan fingerprint density at radius 2 is 1.92 bits per heavy atom. The zero-order valence-corrected chi connectivity index (χ0v) is 17.8. The number of hydrogen-bond acceptors (Lipinski definition) is 3. The number of guanidine groups is 1. The lowest BCUT2D eigenvalue weighted by atomic mass is 10.2. The van der Waals surface area contributed by atoms with Crippen molar-refractivity contribution < 1.29 is 9.53 Å². The number of amides is 1. The first-order valence-corrected chi connectivity index (χ1v) is 8.55. The van der Waals surface area contributed by atoms with Gasteiger partial charge in [-0.3, -0.25) is 9.79 Å². The molecule has 0 aromatic heterocycles. The standard InChI is InChI=1S/C18H30N4O2.HI/c1-4-22(15-16-10-7-6-8-11-16)17(23)14-21-18(19-3)20-12-9-13-24-5-2;/h6-8,10-11H,4-5,9,12-15H2,1-3H3,(H2,19,20,21);1H. The molecule has 1 rings (SSSR count). The van der Waals surface area contributed by atoms with Crippen molar-refractivity contribution in [1.82, 2.24) is 15.5 Å². The molecule has 1 aromatic rings. The molecule has 0 heterocycles. The zero-order valence-electron chi connectivity index (χ0n) is 15.5. The molecule has 0 aliphatic rings. The first kappa shape index (κ1) is 23.6. The molecule has 0 aliphatic carbocycles. The zero-order chi connectivity index (χ0) is 17.6. The number of likely N-dealkylation sites (N-methyl/N-ethyl adjacent to an activating group) is 1. The Hall–Kier alpha value is -1.35. The number of nitrogens with zero attached hydrogens (tertiary/aromatic N) is 2. The van der Waals surface area contributed by atoms with Crippen molar-refractivity contribution in [2.24, 2.45) is 4.99 Å². The maximum Gasteiger partial charge on any atom is 0.242 e. The monoisotopic (exact) mass is 462 g/mol. The molecule has 1 aromatic carbocycles. The second kappa shape index (κ2) is 14.9. The summed E-state index contributed by atoms with van der Waals surface area (Å²) in [5.41, 5.74) is 1.13. The van der Waals surface area contributed by atoms with E-state index in [1.54, 1.807) is 7.05 Å². The first-order valence-electron chi connectivity index (χ1n) is 8.55. The summed E-state index contributed by atoms with van der Waals surface area (Å²) < 4.78 is 5.29. The highest BCUT2D eigenvalue weighted by molar-refractivity contribution is 14.0. The maximum atomic E-state index is 12.4.